The van der Waals surface area contributed by atoms with Gasteiger partial charge >= 0.3 is 5.69 Å². The molecule has 0 aliphatic heterocycles. The molecule has 0 bridgehead atoms. The maximum absolute atomic E-state index is 11.0. The van der Waals surface area contributed by atoms with Crippen molar-refractivity contribution in [3.8, 4) is 0 Å². The van der Waals surface area contributed by atoms with E-state index in [0.717, 1.165) is 0 Å². The van der Waals surface area contributed by atoms with Crippen LogP contribution in [0.15, 0.2) is 9.95 Å². The monoisotopic (exact) mass is 231 g/mol. The van der Waals surface area contributed by atoms with Gasteiger partial charge in [-0.1, -0.05) is 11.8 Å². The van der Waals surface area contributed by atoms with E-state index in [1.807, 2.05) is 0 Å². The lowest BCUT2D eigenvalue weighted by Crippen LogP contribution is -2.41. The number of nitrogens with zero attached hydrogens (tertiary/aromatic N) is 2. The lowest BCUT2D eigenvalue weighted by atomic mass is 10.3. The van der Waals surface area contributed by atoms with Crippen LogP contribution in [0, 0.1) is 0 Å². The van der Waals surface area contributed by atoms with Gasteiger partial charge in [-0.05, 0) is 7.05 Å². The number of carbonyl (C=O) groups excluding carboxylic acids is 1. The van der Waals surface area contributed by atoms with Crippen LogP contribution >= 0.6 is 11.8 Å². The first-order valence-corrected chi connectivity index (χ1v) is 5.25. The Bertz CT molecular complexity index is 398. The second kappa shape index (κ2) is 4.99. The van der Waals surface area contributed by atoms with Crippen molar-refractivity contribution < 1.29 is 4.79 Å². The predicted molar refractivity (Wildman–Crippen MR) is 56.6 cm³/mol. The van der Waals surface area contributed by atoms with Gasteiger partial charge in [-0.2, -0.15) is 0 Å². The van der Waals surface area contributed by atoms with Crippen molar-refractivity contribution in [1.82, 2.24) is 20.1 Å². The predicted octanol–water partition coefficient (Wildman–Crippen LogP) is -1.73. The van der Waals surface area contributed by atoms with Gasteiger partial charge in [0.05, 0.1) is 6.04 Å². The number of hydrogen-bond acceptors (Lipinski definition) is 5. The van der Waals surface area contributed by atoms with Crippen LogP contribution in [-0.2, 0) is 11.8 Å². The number of carbonyl (C=O) groups is 1. The highest BCUT2D eigenvalue weighted by Gasteiger charge is 2.14. The number of aromatic amines is 1. The van der Waals surface area contributed by atoms with E-state index < -0.39 is 11.9 Å². The summed E-state index contributed by atoms with van der Waals surface area (Å²) in [7, 11) is 3.26. The van der Waals surface area contributed by atoms with Gasteiger partial charge in [-0.25, -0.2) is 9.89 Å². The van der Waals surface area contributed by atoms with Gasteiger partial charge in [0.15, 0.2) is 5.16 Å². The normalized spacial score (nSPS) is 12.7. The summed E-state index contributed by atoms with van der Waals surface area (Å²) in [6, 6.07) is -0.429. The molecule has 8 heteroatoms. The van der Waals surface area contributed by atoms with E-state index >= 15 is 0 Å². The van der Waals surface area contributed by atoms with Crippen molar-refractivity contribution in [2.24, 2.45) is 12.8 Å². The van der Waals surface area contributed by atoms with Crippen LogP contribution in [0.3, 0.4) is 0 Å². The Morgan fingerprint density at radius 3 is 2.87 bits per heavy atom. The standard InChI is InChI=1S/C7H13N5O2S/c1-9-4(5(8)13)3-15-7-11-10-6(14)12(7)2/h4,9H,3H2,1-2H3,(H2,8,13)(H,10,14). The zero-order chi connectivity index (χ0) is 11.4. The molecule has 1 aromatic rings. The molecule has 0 saturated heterocycles. The fourth-order valence-corrected chi connectivity index (χ4v) is 1.96. The summed E-state index contributed by atoms with van der Waals surface area (Å²) in [6.07, 6.45) is 0. The molecule has 1 heterocycles. The van der Waals surface area contributed by atoms with Crippen molar-refractivity contribution in [3.63, 3.8) is 0 Å². The highest BCUT2D eigenvalue weighted by Crippen LogP contribution is 2.12. The van der Waals surface area contributed by atoms with E-state index in [1.165, 1.54) is 16.3 Å². The number of aromatic nitrogens is 3. The summed E-state index contributed by atoms with van der Waals surface area (Å²) in [5.74, 6) is 0.00906. The topological polar surface area (TPSA) is 106 Å². The summed E-state index contributed by atoms with van der Waals surface area (Å²) < 4.78 is 1.37. The number of nitrogens with two attached hydrogens (primary N) is 1. The summed E-state index contributed by atoms with van der Waals surface area (Å²) in [4.78, 5) is 21.9. The van der Waals surface area contributed by atoms with E-state index in [0.29, 0.717) is 10.9 Å². The minimum Gasteiger partial charge on any atom is -0.368 e. The van der Waals surface area contributed by atoms with Crippen molar-refractivity contribution in [2.75, 3.05) is 12.8 Å². The van der Waals surface area contributed by atoms with E-state index in [9.17, 15) is 9.59 Å². The number of H-pyrrole nitrogens is 1. The zero-order valence-corrected chi connectivity index (χ0v) is 9.30. The fourth-order valence-electron chi connectivity index (χ4n) is 0.927. The van der Waals surface area contributed by atoms with Gasteiger partial charge in [0.1, 0.15) is 0 Å². The van der Waals surface area contributed by atoms with E-state index in [2.05, 4.69) is 15.5 Å². The quantitative estimate of drug-likeness (QED) is 0.522. The van der Waals surface area contributed by atoms with Crippen LogP contribution in [0.1, 0.15) is 0 Å². The number of primary amides is 1. The van der Waals surface area contributed by atoms with Crippen molar-refractivity contribution in [1.29, 1.82) is 0 Å². The first kappa shape index (κ1) is 11.8. The van der Waals surface area contributed by atoms with Crippen LogP contribution in [0.25, 0.3) is 0 Å². The molecule has 1 amide bonds. The molecule has 4 N–H and O–H groups in total. The Balaban J connectivity index is 2.60. The summed E-state index contributed by atoms with van der Waals surface area (Å²) in [5.41, 5.74) is 4.86. The SMILES string of the molecule is CNC(CSc1n[nH]c(=O)n1C)C(N)=O. The van der Waals surface area contributed by atoms with Crippen LogP contribution < -0.4 is 16.7 Å². The summed E-state index contributed by atoms with van der Waals surface area (Å²) in [6.45, 7) is 0. The molecule has 1 rings (SSSR count). The second-order valence-corrected chi connectivity index (χ2v) is 3.91. The van der Waals surface area contributed by atoms with Crippen LogP contribution in [-0.4, -0.2) is 39.5 Å². The molecule has 15 heavy (non-hydrogen) atoms. The largest absolute Gasteiger partial charge is 0.368 e. The Kier molecular flexibility index (Phi) is 3.92. The number of nitrogens with one attached hydrogen (secondary N) is 2. The Labute approximate surface area is 90.4 Å². The molecule has 0 aliphatic carbocycles. The minimum absolute atomic E-state index is 0.280. The number of hydrogen-bond donors (Lipinski definition) is 3. The van der Waals surface area contributed by atoms with Crippen molar-refractivity contribution >= 4 is 17.7 Å². The number of likely N-dealkylation sites (N-methyl/N-ethyl adjacent to an activating group) is 1. The van der Waals surface area contributed by atoms with Gasteiger partial charge in [0.25, 0.3) is 0 Å². The molecule has 1 aromatic heterocycles. The van der Waals surface area contributed by atoms with Crippen LogP contribution in [0.2, 0.25) is 0 Å². The lowest BCUT2D eigenvalue weighted by molar-refractivity contribution is -0.119. The van der Waals surface area contributed by atoms with Crippen molar-refractivity contribution in [3.05, 3.63) is 10.5 Å². The summed E-state index contributed by atoms with van der Waals surface area (Å²) >= 11 is 1.29. The smallest absolute Gasteiger partial charge is 0.343 e. The lowest BCUT2D eigenvalue weighted by Gasteiger charge is -2.10. The molecule has 0 spiro atoms. The minimum atomic E-state index is -0.429. The average Bonchev–Trinajstić information content (AvgIpc) is 2.49. The molecular formula is C7H13N5O2S. The summed E-state index contributed by atoms with van der Waals surface area (Å²) in [5, 5.41) is 9.40. The molecule has 84 valence electrons. The number of rotatable bonds is 5. The van der Waals surface area contributed by atoms with E-state index in [1.54, 1.807) is 14.1 Å². The van der Waals surface area contributed by atoms with Crippen molar-refractivity contribution in [2.45, 2.75) is 11.2 Å². The first-order valence-electron chi connectivity index (χ1n) is 4.27. The third-order valence-electron chi connectivity index (χ3n) is 1.91. The third-order valence-corrected chi connectivity index (χ3v) is 3.03. The average molecular weight is 231 g/mol. The van der Waals surface area contributed by atoms with Gasteiger partial charge < -0.3 is 11.1 Å². The van der Waals surface area contributed by atoms with Crippen LogP contribution in [0.5, 0.6) is 0 Å². The molecule has 0 saturated carbocycles. The Morgan fingerprint density at radius 1 is 1.80 bits per heavy atom. The second-order valence-electron chi connectivity index (χ2n) is 2.92. The zero-order valence-electron chi connectivity index (χ0n) is 8.48. The van der Waals surface area contributed by atoms with Gasteiger partial charge in [-0.15, -0.1) is 5.10 Å². The van der Waals surface area contributed by atoms with Gasteiger partial charge in [-0.3, -0.25) is 9.36 Å². The highest BCUT2D eigenvalue weighted by molar-refractivity contribution is 7.99. The Morgan fingerprint density at radius 2 is 2.47 bits per heavy atom. The molecule has 0 aliphatic rings. The molecular weight excluding hydrogens is 218 g/mol. The van der Waals surface area contributed by atoms with Gasteiger partial charge in [0.2, 0.25) is 5.91 Å². The highest BCUT2D eigenvalue weighted by atomic mass is 32.2. The molecule has 1 unspecified atom stereocenters. The van der Waals surface area contributed by atoms with Crippen LogP contribution in [0.4, 0.5) is 0 Å². The van der Waals surface area contributed by atoms with E-state index in [4.69, 9.17) is 5.73 Å². The molecule has 0 aromatic carbocycles. The fraction of sp³-hybridized carbons (Fsp3) is 0.571. The molecule has 7 nitrogen and oxygen atoms in total. The number of amides is 1. The Hall–Kier alpha value is -1.28. The third kappa shape index (κ3) is 2.83. The number of thioether (sulfide) groups is 1. The maximum Gasteiger partial charge on any atom is 0.343 e. The molecule has 0 fully saturated rings. The first-order chi connectivity index (χ1) is 7.06. The maximum atomic E-state index is 11.0. The van der Waals surface area contributed by atoms with E-state index in [-0.39, 0.29) is 5.69 Å². The molecule has 0 radical (unpaired) electrons. The van der Waals surface area contributed by atoms with Gasteiger partial charge in [0, 0.05) is 12.8 Å². The molecule has 1 atom stereocenters.